The maximum Gasteiger partial charge on any atom is 0.225 e. The number of hydrogen-bond donors (Lipinski definition) is 3. The lowest BCUT2D eigenvalue weighted by molar-refractivity contribution is -0.127. The third-order valence-corrected chi connectivity index (χ3v) is 8.41. The van der Waals surface area contributed by atoms with E-state index in [9.17, 15) is 9.59 Å². The molecule has 2 amide bonds. The van der Waals surface area contributed by atoms with Gasteiger partial charge in [0.25, 0.3) is 0 Å². The van der Waals surface area contributed by atoms with Gasteiger partial charge < -0.3 is 16.0 Å². The van der Waals surface area contributed by atoms with Crippen LogP contribution in [0.25, 0.3) is 0 Å². The van der Waals surface area contributed by atoms with Crippen molar-refractivity contribution >= 4 is 11.8 Å². The van der Waals surface area contributed by atoms with Crippen LogP contribution in [0.1, 0.15) is 107 Å². The third-order valence-electron chi connectivity index (χ3n) is 8.41. The van der Waals surface area contributed by atoms with E-state index in [0.29, 0.717) is 0 Å². The molecule has 0 aromatic carbocycles. The van der Waals surface area contributed by atoms with Crippen LogP contribution in [0.5, 0.6) is 0 Å². The summed E-state index contributed by atoms with van der Waals surface area (Å²) in [4.78, 5) is 27.7. The van der Waals surface area contributed by atoms with E-state index in [-0.39, 0.29) is 45.8 Å². The molecule has 0 aromatic heterocycles. The van der Waals surface area contributed by atoms with Crippen LogP contribution < -0.4 is 16.0 Å². The Morgan fingerprint density at radius 3 is 1.61 bits per heavy atom. The summed E-state index contributed by atoms with van der Waals surface area (Å²) in [5.74, 6) is 0.472. The zero-order valence-electron chi connectivity index (χ0n) is 23.0. The lowest BCUT2D eigenvalue weighted by Gasteiger charge is -2.38. The minimum atomic E-state index is -0.150. The van der Waals surface area contributed by atoms with Gasteiger partial charge in [-0.2, -0.15) is 0 Å². The normalized spacial score (nSPS) is 27.4. The largest absolute Gasteiger partial charge is 0.356 e. The molecule has 0 spiro atoms. The fraction of sp³-hybridized carbons (Fsp3) is 0.926. The molecule has 2 unspecified atom stereocenters. The molecule has 0 aliphatic carbocycles. The minimum absolute atomic E-state index is 0.0191. The van der Waals surface area contributed by atoms with Gasteiger partial charge in [-0.15, -0.1) is 0 Å². The summed E-state index contributed by atoms with van der Waals surface area (Å²) in [6.45, 7) is 18.9. The van der Waals surface area contributed by atoms with Crippen LogP contribution in [0.4, 0.5) is 0 Å². The van der Waals surface area contributed by atoms with Gasteiger partial charge in [0.05, 0.1) is 11.8 Å². The number of rotatable bonds is 11. The van der Waals surface area contributed by atoms with Gasteiger partial charge in [0.15, 0.2) is 0 Å². The Kier molecular flexibility index (Phi) is 9.06. The van der Waals surface area contributed by atoms with E-state index in [1.165, 1.54) is 12.8 Å². The number of unbranched alkanes of at least 4 members (excludes halogenated alkanes) is 5. The fourth-order valence-electron chi connectivity index (χ4n) is 6.14. The Balaban J connectivity index is 1.52. The number of nitrogens with one attached hydrogen (secondary N) is 3. The van der Waals surface area contributed by atoms with Gasteiger partial charge in [0, 0.05) is 35.2 Å². The van der Waals surface area contributed by atoms with Gasteiger partial charge in [0.1, 0.15) is 0 Å². The average molecular weight is 465 g/mol. The van der Waals surface area contributed by atoms with Crippen molar-refractivity contribution in [2.24, 2.45) is 11.8 Å². The molecule has 2 aliphatic rings. The van der Waals surface area contributed by atoms with Gasteiger partial charge in [-0.05, 0) is 88.1 Å². The Morgan fingerprint density at radius 1 is 0.758 bits per heavy atom. The second-order valence-electron chi connectivity index (χ2n) is 13.0. The summed E-state index contributed by atoms with van der Waals surface area (Å²) in [5, 5.41) is 9.92. The fourth-order valence-corrected chi connectivity index (χ4v) is 6.14. The number of carbonyl (C=O) groups excluding carboxylic acids is 2. The molecule has 0 bridgehead atoms. The van der Waals surface area contributed by atoms with E-state index in [2.05, 4.69) is 83.3 Å². The Labute approximate surface area is 203 Å². The highest BCUT2D eigenvalue weighted by atomic mass is 16.2. The van der Waals surface area contributed by atoms with Crippen molar-refractivity contribution in [3.05, 3.63) is 0 Å². The van der Waals surface area contributed by atoms with Crippen LogP contribution in [0.3, 0.4) is 0 Å². The van der Waals surface area contributed by atoms with Crippen molar-refractivity contribution in [1.82, 2.24) is 20.9 Å². The Morgan fingerprint density at radius 2 is 1.21 bits per heavy atom. The second kappa shape index (κ2) is 10.6. The second-order valence-corrected chi connectivity index (χ2v) is 13.0. The molecule has 2 rings (SSSR count). The van der Waals surface area contributed by atoms with Crippen LogP contribution >= 0.6 is 0 Å². The highest BCUT2D eigenvalue weighted by Gasteiger charge is 2.52. The van der Waals surface area contributed by atoms with Crippen molar-refractivity contribution in [1.29, 1.82) is 0 Å². The van der Waals surface area contributed by atoms with Crippen LogP contribution in [0.2, 0.25) is 0 Å². The summed E-state index contributed by atoms with van der Waals surface area (Å²) in [6.07, 6.45) is 8.51. The molecule has 2 heterocycles. The van der Waals surface area contributed by atoms with Crippen molar-refractivity contribution in [3.63, 3.8) is 0 Å². The van der Waals surface area contributed by atoms with E-state index in [1.54, 1.807) is 0 Å². The topological polar surface area (TPSA) is 73.5 Å². The quantitative estimate of drug-likeness (QED) is 0.400. The maximum absolute atomic E-state index is 12.8. The van der Waals surface area contributed by atoms with Gasteiger partial charge in [0.2, 0.25) is 11.8 Å². The maximum atomic E-state index is 12.8. The first-order valence-electron chi connectivity index (χ1n) is 13.2. The molecule has 2 aliphatic heterocycles. The number of likely N-dealkylation sites (tertiary alicyclic amines) is 1. The molecule has 0 saturated carbocycles. The molecule has 0 radical (unpaired) electrons. The molecule has 6 nitrogen and oxygen atoms in total. The summed E-state index contributed by atoms with van der Waals surface area (Å²) in [5.41, 5.74) is -0.178. The molecule has 2 atom stereocenters. The predicted molar refractivity (Wildman–Crippen MR) is 137 cm³/mol. The van der Waals surface area contributed by atoms with Crippen molar-refractivity contribution in [3.8, 4) is 0 Å². The minimum Gasteiger partial charge on any atom is -0.356 e. The summed E-state index contributed by atoms with van der Waals surface area (Å²) >= 11 is 0. The first-order valence-corrected chi connectivity index (χ1v) is 13.2. The highest BCUT2D eigenvalue weighted by Crippen LogP contribution is 2.43. The lowest BCUT2D eigenvalue weighted by atomic mass is 9.86. The van der Waals surface area contributed by atoms with Crippen LogP contribution in [0.15, 0.2) is 0 Å². The summed E-state index contributed by atoms with van der Waals surface area (Å²) in [7, 11) is 2.13. The predicted octanol–water partition coefficient (Wildman–Crippen LogP) is 4.24. The smallest absolute Gasteiger partial charge is 0.225 e. The number of carbonyl (C=O) groups is 2. The molecule has 6 heteroatoms. The van der Waals surface area contributed by atoms with Gasteiger partial charge in [-0.1, -0.05) is 25.7 Å². The van der Waals surface area contributed by atoms with Crippen molar-refractivity contribution in [2.45, 2.75) is 129 Å². The van der Waals surface area contributed by atoms with E-state index >= 15 is 0 Å². The van der Waals surface area contributed by atoms with E-state index < -0.39 is 0 Å². The molecule has 3 N–H and O–H groups in total. The molecule has 33 heavy (non-hydrogen) atoms. The summed E-state index contributed by atoms with van der Waals surface area (Å²) < 4.78 is 0. The lowest BCUT2D eigenvalue weighted by Crippen LogP contribution is -2.49. The highest BCUT2D eigenvalue weighted by molar-refractivity contribution is 5.81. The Bertz CT molecular complexity index is 684. The number of amides is 2. The third kappa shape index (κ3) is 7.17. The molecule has 192 valence electrons. The molecular weight excluding hydrogens is 412 g/mol. The first-order chi connectivity index (χ1) is 15.1. The van der Waals surface area contributed by atoms with Crippen molar-refractivity contribution < 1.29 is 9.59 Å². The van der Waals surface area contributed by atoms with E-state index in [1.807, 2.05) is 0 Å². The van der Waals surface area contributed by atoms with Crippen LogP contribution in [0, 0.1) is 11.8 Å². The number of hydrogen-bond acceptors (Lipinski definition) is 4. The molecule has 0 aromatic rings. The van der Waals surface area contributed by atoms with Gasteiger partial charge in [-0.3, -0.25) is 14.5 Å². The van der Waals surface area contributed by atoms with Crippen molar-refractivity contribution in [2.75, 3.05) is 20.1 Å². The van der Waals surface area contributed by atoms with E-state index in [0.717, 1.165) is 51.6 Å². The van der Waals surface area contributed by atoms with Gasteiger partial charge >= 0.3 is 0 Å². The van der Waals surface area contributed by atoms with Crippen LogP contribution in [-0.4, -0.2) is 59.0 Å². The standard InChI is InChI=1S/C27H52N4O2/c1-24(2)18-20(26(5,6)30-24)22(32)28-16-14-12-10-11-13-15-17-29-23(33)21-19-25(3,4)31(9)27(21,7)8/h20-21,30H,10-19H2,1-9H3,(H,28,32)(H,29,33). The number of nitrogens with zero attached hydrogens (tertiary/aromatic N) is 1. The van der Waals surface area contributed by atoms with Gasteiger partial charge in [-0.25, -0.2) is 0 Å². The molecule has 2 fully saturated rings. The molecular formula is C27H52N4O2. The van der Waals surface area contributed by atoms with E-state index in [4.69, 9.17) is 0 Å². The zero-order valence-corrected chi connectivity index (χ0v) is 23.0. The molecule has 2 saturated heterocycles. The Hall–Kier alpha value is -1.14. The average Bonchev–Trinajstić information content (AvgIpc) is 3.02. The first kappa shape index (κ1) is 28.1. The SMILES string of the molecule is CN1C(C)(C)CC(C(=O)NCCCCCCCCNC(=O)C2CC(C)(C)NC2(C)C)C1(C)C. The monoisotopic (exact) mass is 464 g/mol. The van der Waals surface area contributed by atoms with Crippen LogP contribution in [-0.2, 0) is 9.59 Å². The zero-order chi connectivity index (χ0) is 25.1. The summed E-state index contributed by atoms with van der Waals surface area (Å²) in [6, 6.07) is 0.